The van der Waals surface area contributed by atoms with Crippen LogP contribution in [0.15, 0.2) is 54.6 Å². The first-order valence-corrected chi connectivity index (χ1v) is 9.60. The monoisotopic (exact) mass is 351 g/mol. The van der Waals surface area contributed by atoms with Crippen molar-refractivity contribution in [2.24, 2.45) is 0 Å². The number of amides is 1. The van der Waals surface area contributed by atoms with Crippen LogP contribution in [-0.2, 0) is 4.79 Å². The van der Waals surface area contributed by atoms with Crippen LogP contribution in [0.25, 0.3) is 0 Å². The van der Waals surface area contributed by atoms with Crippen molar-refractivity contribution in [1.29, 1.82) is 0 Å². The molecule has 1 aliphatic rings. The van der Waals surface area contributed by atoms with E-state index in [-0.39, 0.29) is 11.9 Å². The van der Waals surface area contributed by atoms with Gasteiger partial charge in [0.05, 0.1) is 0 Å². The number of anilines is 2. The van der Waals surface area contributed by atoms with Crippen molar-refractivity contribution in [3.05, 3.63) is 60.2 Å². The Hall–Kier alpha value is -2.49. The molecule has 138 valence electrons. The van der Waals surface area contributed by atoms with Crippen LogP contribution in [0.5, 0.6) is 0 Å². The van der Waals surface area contributed by atoms with Crippen molar-refractivity contribution in [2.75, 3.05) is 23.3 Å². The molecule has 1 unspecified atom stereocenters. The van der Waals surface area contributed by atoms with Gasteiger partial charge in [-0.2, -0.15) is 0 Å². The summed E-state index contributed by atoms with van der Waals surface area (Å²) in [7, 11) is 0. The Bertz CT molecular complexity index is 691. The predicted octanol–water partition coefficient (Wildman–Crippen LogP) is 4.35. The third kappa shape index (κ3) is 4.78. The molecule has 3 rings (SSSR count). The number of carbonyl (C=O) groups is 1. The lowest BCUT2D eigenvalue weighted by molar-refractivity contribution is -0.122. The number of benzene rings is 2. The zero-order valence-corrected chi connectivity index (χ0v) is 15.7. The van der Waals surface area contributed by atoms with Gasteiger partial charge in [0.1, 0.15) is 6.04 Å². The topological polar surface area (TPSA) is 44.4 Å². The first kappa shape index (κ1) is 18.3. The molecule has 0 saturated carbocycles. The third-order valence-corrected chi connectivity index (χ3v) is 4.73. The average molecular weight is 351 g/mol. The van der Waals surface area contributed by atoms with E-state index < -0.39 is 6.04 Å². The molecule has 2 aromatic carbocycles. The molecule has 2 N–H and O–H groups in total. The summed E-state index contributed by atoms with van der Waals surface area (Å²) < 4.78 is 0. The van der Waals surface area contributed by atoms with Crippen molar-refractivity contribution in [3.8, 4) is 0 Å². The minimum atomic E-state index is -0.403. The molecule has 1 heterocycles. The highest BCUT2D eigenvalue weighted by atomic mass is 16.2. The maximum absolute atomic E-state index is 12.7. The van der Waals surface area contributed by atoms with Gasteiger partial charge in [0, 0.05) is 30.5 Å². The molecule has 0 bridgehead atoms. The van der Waals surface area contributed by atoms with Gasteiger partial charge in [-0.25, -0.2) is 0 Å². The lowest BCUT2D eigenvalue weighted by atomic mass is 10.1. The van der Waals surface area contributed by atoms with Crippen LogP contribution in [-0.4, -0.2) is 25.0 Å². The number of nitrogens with zero attached hydrogens (tertiary/aromatic N) is 1. The van der Waals surface area contributed by atoms with Gasteiger partial charge in [0.2, 0.25) is 5.91 Å². The SMILES string of the molecule is CC(C)NC(=O)C(Nc1ccc(N2CCCCC2)cc1)c1ccccc1. The second kappa shape index (κ2) is 8.75. The van der Waals surface area contributed by atoms with E-state index in [1.165, 1.54) is 24.9 Å². The lowest BCUT2D eigenvalue weighted by Crippen LogP contribution is -2.37. The number of piperidine rings is 1. The lowest BCUT2D eigenvalue weighted by Gasteiger charge is -2.29. The highest BCUT2D eigenvalue weighted by Gasteiger charge is 2.21. The van der Waals surface area contributed by atoms with Crippen LogP contribution >= 0.6 is 0 Å². The van der Waals surface area contributed by atoms with Crippen LogP contribution < -0.4 is 15.5 Å². The summed E-state index contributed by atoms with van der Waals surface area (Å²) in [6.07, 6.45) is 3.87. The van der Waals surface area contributed by atoms with Crippen molar-refractivity contribution in [1.82, 2.24) is 5.32 Å². The molecule has 4 heteroatoms. The van der Waals surface area contributed by atoms with E-state index in [0.29, 0.717) is 0 Å². The number of hydrogen-bond acceptors (Lipinski definition) is 3. The summed E-state index contributed by atoms with van der Waals surface area (Å²) in [4.78, 5) is 15.1. The Balaban J connectivity index is 1.74. The maximum Gasteiger partial charge on any atom is 0.247 e. The summed E-state index contributed by atoms with van der Waals surface area (Å²) in [5.41, 5.74) is 3.18. The molecule has 26 heavy (non-hydrogen) atoms. The average Bonchev–Trinajstić information content (AvgIpc) is 2.67. The van der Waals surface area contributed by atoms with Gasteiger partial charge in [-0.1, -0.05) is 30.3 Å². The smallest absolute Gasteiger partial charge is 0.247 e. The summed E-state index contributed by atoms with van der Waals surface area (Å²) in [5, 5.41) is 6.42. The number of nitrogens with one attached hydrogen (secondary N) is 2. The predicted molar refractivity (Wildman–Crippen MR) is 109 cm³/mol. The maximum atomic E-state index is 12.7. The molecule has 1 saturated heterocycles. The van der Waals surface area contributed by atoms with Gasteiger partial charge in [-0.15, -0.1) is 0 Å². The fourth-order valence-electron chi connectivity index (χ4n) is 3.40. The van der Waals surface area contributed by atoms with Crippen LogP contribution in [0.1, 0.15) is 44.7 Å². The summed E-state index contributed by atoms with van der Waals surface area (Å²) in [5.74, 6) is -0.00805. The van der Waals surface area contributed by atoms with Gasteiger partial charge in [0.25, 0.3) is 0 Å². The molecular formula is C22H29N3O. The highest BCUT2D eigenvalue weighted by Crippen LogP contribution is 2.25. The molecule has 1 fully saturated rings. The molecule has 0 spiro atoms. The van der Waals surface area contributed by atoms with Gasteiger partial charge < -0.3 is 15.5 Å². The standard InChI is InChI=1S/C22H29N3O/c1-17(2)23-22(26)21(18-9-5-3-6-10-18)24-19-11-13-20(14-12-19)25-15-7-4-8-16-25/h3,5-6,9-14,17,21,24H,4,7-8,15-16H2,1-2H3,(H,23,26). The van der Waals surface area contributed by atoms with E-state index in [2.05, 4.69) is 39.8 Å². The quantitative estimate of drug-likeness (QED) is 0.813. The second-order valence-electron chi connectivity index (χ2n) is 7.25. The Morgan fingerprint density at radius 3 is 2.19 bits per heavy atom. The van der Waals surface area contributed by atoms with E-state index in [4.69, 9.17) is 0 Å². The Morgan fingerprint density at radius 2 is 1.58 bits per heavy atom. The van der Waals surface area contributed by atoms with Crippen LogP contribution in [0, 0.1) is 0 Å². The zero-order chi connectivity index (χ0) is 18.4. The molecule has 0 radical (unpaired) electrons. The number of hydrogen-bond donors (Lipinski definition) is 2. The van der Waals surface area contributed by atoms with Gasteiger partial charge >= 0.3 is 0 Å². The first-order chi connectivity index (χ1) is 12.6. The minimum absolute atomic E-state index is 0.00805. The molecule has 1 atom stereocenters. The Morgan fingerprint density at radius 1 is 0.923 bits per heavy atom. The van der Waals surface area contributed by atoms with Crippen LogP contribution in [0.2, 0.25) is 0 Å². The van der Waals surface area contributed by atoms with Gasteiger partial charge in [-0.05, 0) is 62.9 Å². The molecular weight excluding hydrogens is 322 g/mol. The van der Waals surface area contributed by atoms with Crippen molar-refractivity contribution in [2.45, 2.75) is 45.2 Å². The molecule has 2 aromatic rings. The second-order valence-corrected chi connectivity index (χ2v) is 7.25. The van der Waals surface area contributed by atoms with Crippen LogP contribution in [0.4, 0.5) is 11.4 Å². The number of rotatable bonds is 6. The molecule has 1 amide bonds. The van der Waals surface area contributed by atoms with Gasteiger partial charge in [-0.3, -0.25) is 4.79 Å². The summed E-state index contributed by atoms with van der Waals surface area (Å²) >= 11 is 0. The zero-order valence-electron chi connectivity index (χ0n) is 15.7. The summed E-state index contributed by atoms with van der Waals surface area (Å²) in [6.45, 7) is 6.23. The molecule has 1 aliphatic heterocycles. The van der Waals surface area contributed by atoms with Crippen LogP contribution in [0.3, 0.4) is 0 Å². The van der Waals surface area contributed by atoms with Crippen molar-refractivity contribution >= 4 is 17.3 Å². The molecule has 0 aromatic heterocycles. The van der Waals surface area contributed by atoms with E-state index in [1.54, 1.807) is 0 Å². The number of carbonyl (C=O) groups excluding carboxylic acids is 1. The fraction of sp³-hybridized carbons (Fsp3) is 0.409. The van der Waals surface area contributed by atoms with Crippen molar-refractivity contribution < 1.29 is 4.79 Å². The van der Waals surface area contributed by atoms with E-state index >= 15 is 0 Å². The van der Waals surface area contributed by atoms with E-state index in [9.17, 15) is 4.79 Å². The highest BCUT2D eigenvalue weighted by molar-refractivity contribution is 5.86. The van der Waals surface area contributed by atoms with Gasteiger partial charge in [0.15, 0.2) is 0 Å². The normalized spacial score (nSPS) is 15.6. The molecule has 4 nitrogen and oxygen atoms in total. The molecule has 0 aliphatic carbocycles. The fourth-order valence-corrected chi connectivity index (χ4v) is 3.40. The van der Waals surface area contributed by atoms with E-state index in [1.807, 2.05) is 44.2 Å². The Labute approximate surface area is 156 Å². The summed E-state index contributed by atoms with van der Waals surface area (Å²) in [6, 6.07) is 18.0. The van der Waals surface area contributed by atoms with Crippen molar-refractivity contribution in [3.63, 3.8) is 0 Å². The minimum Gasteiger partial charge on any atom is -0.372 e. The third-order valence-electron chi connectivity index (χ3n) is 4.73. The Kier molecular flexibility index (Phi) is 6.16. The van der Waals surface area contributed by atoms with E-state index in [0.717, 1.165) is 24.3 Å². The largest absolute Gasteiger partial charge is 0.372 e. The first-order valence-electron chi connectivity index (χ1n) is 9.60.